The van der Waals surface area contributed by atoms with Crippen LogP contribution in [0.2, 0.25) is 0 Å². The third-order valence-electron chi connectivity index (χ3n) is 3.15. The van der Waals surface area contributed by atoms with Gasteiger partial charge in [0, 0.05) is 19.0 Å². The Labute approximate surface area is 117 Å². The molecule has 0 atom stereocenters. The molecular formula is C15H16N4O. The number of pyridine rings is 1. The molecule has 0 radical (unpaired) electrons. The lowest BCUT2D eigenvalue weighted by Crippen LogP contribution is -2.32. The van der Waals surface area contributed by atoms with Gasteiger partial charge in [-0.1, -0.05) is 18.2 Å². The third kappa shape index (κ3) is 2.86. The summed E-state index contributed by atoms with van der Waals surface area (Å²) in [7, 11) is 1.74. The highest BCUT2D eigenvalue weighted by Crippen LogP contribution is 2.19. The zero-order valence-electron chi connectivity index (χ0n) is 11.6. The first-order valence-corrected chi connectivity index (χ1v) is 6.43. The summed E-state index contributed by atoms with van der Waals surface area (Å²) in [5.41, 5.74) is 1.24. The summed E-state index contributed by atoms with van der Waals surface area (Å²) in [5, 5.41) is 13.0. The second kappa shape index (κ2) is 6.02. The van der Waals surface area contributed by atoms with E-state index in [1.807, 2.05) is 31.2 Å². The largest absolute Gasteiger partial charge is 0.360 e. The Morgan fingerprint density at radius 2 is 2.20 bits per heavy atom. The lowest BCUT2D eigenvalue weighted by Gasteiger charge is -2.15. The van der Waals surface area contributed by atoms with Crippen molar-refractivity contribution in [3.63, 3.8) is 0 Å². The molecule has 2 rings (SSSR count). The van der Waals surface area contributed by atoms with Crippen molar-refractivity contribution in [1.29, 1.82) is 5.26 Å². The molecule has 0 aliphatic carbocycles. The van der Waals surface area contributed by atoms with E-state index in [1.165, 1.54) is 0 Å². The van der Waals surface area contributed by atoms with E-state index in [0.29, 0.717) is 17.9 Å². The van der Waals surface area contributed by atoms with Crippen molar-refractivity contribution in [1.82, 2.24) is 9.88 Å². The molecular weight excluding hydrogens is 252 g/mol. The number of para-hydroxylation sites is 1. The molecule has 1 amide bonds. The smallest absolute Gasteiger partial charge is 0.241 e. The van der Waals surface area contributed by atoms with E-state index in [-0.39, 0.29) is 12.5 Å². The van der Waals surface area contributed by atoms with Crippen LogP contribution in [0.4, 0.5) is 5.82 Å². The zero-order valence-corrected chi connectivity index (χ0v) is 11.6. The fourth-order valence-electron chi connectivity index (χ4n) is 1.81. The topological polar surface area (TPSA) is 69.0 Å². The monoisotopic (exact) mass is 268 g/mol. The maximum absolute atomic E-state index is 11.8. The number of benzene rings is 1. The summed E-state index contributed by atoms with van der Waals surface area (Å²) in [6, 6.07) is 11.5. The van der Waals surface area contributed by atoms with Crippen molar-refractivity contribution in [3.8, 4) is 6.07 Å². The van der Waals surface area contributed by atoms with E-state index in [9.17, 15) is 10.1 Å². The van der Waals surface area contributed by atoms with Crippen LogP contribution in [0.5, 0.6) is 0 Å². The summed E-state index contributed by atoms with van der Waals surface area (Å²) < 4.78 is 0. The number of aromatic nitrogens is 1. The molecule has 1 aromatic heterocycles. The fraction of sp³-hybridized carbons (Fsp3) is 0.267. The van der Waals surface area contributed by atoms with Crippen molar-refractivity contribution in [3.05, 3.63) is 35.9 Å². The second-order valence-electron chi connectivity index (χ2n) is 4.45. The standard InChI is InChI=1S/C15H16N4O/c1-3-19(2)14(20)10-17-15-12(9-16)8-11-6-4-5-7-13(11)18-15/h4-8H,3,10H2,1-2H3,(H,17,18). The summed E-state index contributed by atoms with van der Waals surface area (Å²) >= 11 is 0. The molecule has 102 valence electrons. The number of carbonyl (C=O) groups is 1. The molecule has 0 aliphatic heterocycles. The van der Waals surface area contributed by atoms with Crippen LogP contribution in [0, 0.1) is 11.3 Å². The van der Waals surface area contributed by atoms with Gasteiger partial charge in [0.2, 0.25) is 5.91 Å². The van der Waals surface area contributed by atoms with Crippen molar-refractivity contribution in [2.24, 2.45) is 0 Å². The van der Waals surface area contributed by atoms with Crippen LogP contribution in [0.3, 0.4) is 0 Å². The van der Waals surface area contributed by atoms with Gasteiger partial charge in [0.25, 0.3) is 0 Å². The molecule has 2 aromatic rings. The maximum atomic E-state index is 11.8. The van der Waals surface area contributed by atoms with Gasteiger partial charge in [-0.3, -0.25) is 4.79 Å². The number of hydrogen-bond acceptors (Lipinski definition) is 4. The molecule has 0 saturated carbocycles. The quantitative estimate of drug-likeness (QED) is 0.920. The highest BCUT2D eigenvalue weighted by Gasteiger charge is 2.10. The first kappa shape index (κ1) is 13.8. The van der Waals surface area contributed by atoms with E-state index in [4.69, 9.17) is 0 Å². The lowest BCUT2D eigenvalue weighted by atomic mass is 10.1. The van der Waals surface area contributed by atoms with E-state index < -0.39 is 0 Å². The highest BCUT2D eigenvalue weighted by molar-refractivity contribution is 5.85. The molecule has 0 fully saturated rings. The number of nitrogens with one attached hydrogen (secondary N) is 1. The van der Waals surface area contributed by atoms with Crippen LogP contribution >= 0.6 is 0 Å². The molecule has 1 N–H and O–H groups in total. The first-order chi connectivity index (χ1) is 9.65. The molecule has 5 heteroatoms. The van der Waals surface area contributed by atoms with Crippen molar-refractivity contribution in [2.45, 2.75) is 6.92 Å². The minimum atomic E-state index is -0.0358. The molecule has 5 nitrogen and oxygen atoms in total. The van der Waals surface area contributed by atoms with Gasteiger partial charge in [0.05, 0.1) is 17.6 Å². The average molecular weight is 268 g/mol. The summed E-state index contributed by atoms with van der Waals surface area (Å²) in [4.78, 5) is 17.8. The third-order valence-corrected chi connectivity index (χ3v) is 3.15. The number of amides is 1. The van der Waals surface area contributed by atoms with Gasteiger partial charge in [-0.05, 0) is 19.1 Å². The molecule has 1 aromatic carbocycles. The molecule has 0 unspecified atom stereocenters. The second-order valence-corrected chi connectivity index (χ2v) is 4.45. The predicted octanol–water partition coefficient (Wildman–Crippen LogP) is 2.00. The molecule has 0 saturated heterocycles. The Bertz CT molecular complexity index is 675. The number of carbonyl (C=O) groups excluding carboxylic acids is 1. The molecule has 0 spiro atoms. The number of anilines is 1. The molecule has 0 aliphatic rings. The Balaban J connectivity index is 2.25. The number of likely N-dealkylation sites (N-methyl/N-ethyl adjacent to an activating group) is 1. The molecule has 1 heterocycles. The number of rotatable bonds is 4. The minimum Gasteiger partial charge on any atom is -0.360 e. The number of fused-ring (bicyclic) bond motifs is 1. The SMILES string of the molecule is CCN(C)C(=O)CNc1nc2ccccc2cc1C#N. The van der Waals surface area contributed by atoms with Gasteiger partial charge < -0.3 is 10.2 Å². The highest BCUT2D eigenvalue weighted by atomic mass is 16.2. The van der Waals surface area contributed by atoms with Gasteiger partial charge in [-0.15, -0.1) is 0 Å². The van der Waals surface area contributed by atoms with E-state index in [2.05, 4.69) is 16.4 Å². The van der Waals surface area contributed by atoms with Crippen LogP contribution in [-0.4, -0.2) is 35.9 Å². The Hall–Kier alpha value is -2.61. The summed E-state index contributed by atoms with van der Waals surface area (Å²) in [5.74, 6) is 0.412. The number of hydrogen-bond donors (Lipinski definition) is 1. The van der Waals surface area contributed by atoms with Crippen LogP contribution < -0.4 is 5.32 Å². The normalized spacial score (nSPS) is 10.1. The van der Waals surface area contributed by atoms with Crippen LogP contribution in [0.1, 0.15) is 12.5 Å². The van der Waals surface area contributed by atoms with E-state index in [0.717, 1.165) is 10.9 Å². The number of nitriles is 1. The predicted molar refractivity (Wildman–Crippen MR) is 78.3 cm³/mol. The summed E-state index contributed by atoms with van der Waals surface area (Å²) in [6.07, 6.45) is 0. The molecule has 0 bridgehead atoms. The van der Waals surface area contributed by atoms with Gasteiger partial charge in [0.15, 0.2) is 0 Å². The van der Waals surface area contributed by atoms with Crippen molar-refractivity contribution in [2.75, 3.05) is 25.5 Å². The van der Waals surface area contributed by atoms with Gasteiger partial charge in [0.1, 0.15) is 11.9 Å². The fourth-order valence-corrected chi connectivity index (χ4v) is 1.81. The van der Waals surface area contributed by atoms with Crippen LogP contribution in [-0.2, 0) is 4.79 Å². The minimum absolute atomic E-state index is 0.0358. The zero-order chi connectivity index (χ0) is 14.5. The van der Waals surface area contributed by atoms with Gasteiger partial charge in [-0.25, -0.2) is 4.98 Å². The van der Waals surface area contributed by atoms with Crippen LogP contribution in [0.25, 0.3) is 10.9 Å². The Morgan fingerprint density at radius 1 is 1.45 bits per heavy atom. The Morgan fingerprint density at radius 3 is 2.90 bits per heavy atom. The lowest BCUT2D eigenvalue weighted by molar-refractivity contribution is -0.127. The van der Waals surface area contributed by atoms with Crippen LogP contribution in [0.15, 0.2) is 30.3 Å². The number of nitrogens with zero attached hydrogens (tertiary/aromatic N) is 3. The van der Waals surface area contributed by atoms with E-state index >= 15 is 0 Å². The van der Waals surface area contributed by atoms with Crippen molar-refractivity contribution >= 4 is 22.6 Å². The maximum Gasteiger partial charge on any atom is 0.241 e. The van der Waals surface area contributed by atoms with Gasteiger partial charge >= 0.3 is 0 Å². The van der Waals surface area contributed by atoms with Gasteiger partial charge in [-0.2, -0.15) is 5.26 Å². The van der Waals surface area contributed by atoms with E-state index in [1.54, 1.807) is 18.0 Å². The Kier molecular flexibility index (Phi) is 4.16. The van der Waals surface area contributed by atoms with Crippen molar-refractivity contribution < 1.29 is 4.79 Å². The first-order valence-electron chi connectivity index (χ1n) is 6.43. The average Bonchev–Trinajstić information content (AvgIpc) is 2.50. The summed E-state index contributed by atoms with van der Waals surface area (Å²) in [6.45, 7) is 2.69. The molecule has 20 heavy (non-hydrogen) atoms.